The Morgan fingerprint density at radius 1 is 1.55 bits per heavy atom. The van der Waals surface area contributed by atoms with Crippen LogP contribution in [0.1, 0.15) is 26.7 Å². The van der Waals surface area contributed by atoms with E-state index < -0.39 is 0 Å². The van der Waals surface area contributed by atoms with Crippen LogP contribution in [-0.4, -0.2) is 0 Å². The van der Waals surface area contributed by atoms with E-state index in [2.05, 4.69) is 32.6 Å². The van der Waals surface area contributed by atoms with Crippen LogP contribution in [0.25, 0.3) is 0 Å². The van der Waals surface area contributed by atoms with Crippen molar-refractivity contribution in [2.24, 2.45) is 5.92 Å². The zero-order valence-corrected chi connectivity index (χ0v) is 7.43. The lowest BCUT2D eigenvalue weighted by Crippen LogP contribution is -1.96. The minimum absolute atomic E-state index is 0.658. The van der Waals surface area contributed by atoms with Gasteiger partial charge in [0.05, 0.1) is 0 Å². The van der Waals surface area contributed by atoms with Gasteiger partial charge in [-0.2, -0.15) is 0 Å². The summed E-state index contributed by atoms with van der Waals surface area (Å²) in [6.07, 6.45) is 8.92. The van der Waals surface area contributed by atoms with Crippen molar-refractivity contribution in [3.05, 3.63) is 36.0 Å². The molecule has 0 heteroatoms. The minimum Gasteiger partial charge on any atom is -0.0988 e. The van der Waals surface area contributed by atoms with Gasteiger partial charge in [0.1, 0.15) is 0 Å². The summed E-state index contributed by atoms with van der Waals surface area (Å²) in [6.45, 7) is 8.24. The lowest BCUT2D eigenvalue weighted by atomic mass is 9.93. The fourth-order valence-electron chi connectivity index (χ4n) is 1.31. The van der Waals surface area contributed by atoms with Gasteiger partial charge in [-0.05, 0) is 29.9 Å². The van der Waals surface area contributed by atoms with Crippen LogP contribution in [0, 0.1) is 5.92 Å². The Balaban J connectivity index is 2.75. The third kappa shape index (κ3) is 2.07. The van der Waals surface area contributed by atoms with Crippen LogP contribution in [0.4, 0.5) is 0 Å². The Morgan fingerprint density at radius 2 is 2.27 bits per heavy atom. The van der Waals surface area contributed by atoms with Crippen LogP contribution >= 0.6 is 0 Å². The first-order chi connectivity index (χ1) is 5.24. The van der Waals surface area contributed by atoms with Gasteiger partial charge in [-0.25, -0.2) is 0 Å². The molecule has 0 heterocycles. The van der Waals surface area contributed by atoms with Gasteiger partial charge in [0.25, 0.3) is 0 Å². The van der Waals surface area contributed by atoms with Crippen LogP contribution in [0.2, 0.25) is 0 Å². The molecule has 0 aromatic carbocycles. The molecule has 0 radical (unpaired) electrons. The highest BCUT2D eigenvalue weighted by Gasteiger charge is 2.05. The molecule has 0 spiro atoms. The average Bonchev–Trinajstić information content (AvgIpc) is 2.05. The van der Waals surface area contributed by atoms with Gasteiger partial charge < -0.3 is 0 Å². The SMILES string of the molecule is C=CC1=CC(C(C)C)=CCC1. The van der Waals surface area contributed by atoms with Crippen molar-refractivity contribution < 1.29 is 0 Å². The zero-order chi connectivity index (χ0) is 8.27. The molecule has 0 N–H and O–H groups in total. The zero-order valence-electron chi connectivity index (χ0n) is 7.43. The van der Waals surface area contributed by atoms with Crippen molar-refractivity contribution in [1.82, 2.24) is 0 Å². The first kappa shape index (κ1) is 8.32. The molecular formula is C11H16. The molecule has 0 atom stereocenters. The predicted molar refractivity (Wildman–Crippen MR) is 50.4 cm³/mol. The van der Waals surface area contributed by atoms with Crippen molar-refractivity contribution in [2.45, 2.75) is 26.7 Å². The molecule has 1 aliphatic carbocycles. The van der Waals surface area contributed by atoms with Crippen molar-refractivity contribution in [1.29, 1.82) is 0 Å². The van der Waals surface area contributed by atoms with E-state index in [9.17, 15) is 0 Å². The molecule has 0 saturated heterocycles. The molecule has 60 valence electrons. The highest BCUT2D eigenvalue weighted by atomic mass is 14.1. The van der Waals surface area contributed by atoms with Gasteiger partial charge in [0.15, 0.2) is 0 Å². The van der Waals surface area contributed by atoms with Gasteiger partial charge >= 0.3 is 0 Å². The minimum atomic E-state index is 0.658. The molecule has 0 saturated carbocycles. The monoisotopic (exact) mass is 148 g/mol. The second-order valence-corrected chi connectivity index (χ2v) is 3.32. The number of allylic oxidation sites excluding steroid dienone is 5. The fraction of sp³-hybridized carbons (Fsp3) is 0.455. The van der Waals surface area contributed by atoms with Crippen molar-refractivity contribution in [3.63, 3.8) is 0 Å². The lowest BCUT2D eigenvalue weighted by Gasteiger charge is -2.13. The highest BCUT2D eigenvalue weighted by Crippen LogP contribution is 2.22. The Labute approximate surface area is 69.3 Å². The van der Waals surface area contributed by atoms with E-state index in [0.29, 0.717) is 5.92 Å². The smallest absolute Gasteiger partial charge is 0.0222 e. The Bertz CT molecular complexity index is 204. The summed E-state index contributed by atoms with van der Waals surface area (Å²) in [5.41, 5.74) is 2.85. The summed E-state index contributed by atoms with van der Waals surface area (Å²) in [5.74, 6) is 0.658. The Morgan fingerprint density at radius 3 is 2.82 bits per heavy atom. The highest BCUT2D eigenvalue weighted by molar-refractivity contribution is 5.33. The van der Waals surface area contributed by atoms with Gasteiger partial charge in [-0.3, -0.25) is 0 Å². The van der Waals surface area contributed by atoms with Crippen LogP contribution in [-0.2, 0) is 0 Å². The molecule has 0 amide bonds. The quantitative estimate of drug-likeness (QED) is 0.562. The molecule has 1 aliphatic rings. The van der Waals surface area contributed by atoms with Crippen molar-refractivity contribution in [3.8, 4) is 0 Å². The number of hydrogen-bond donors (Lipinski definition) is 0. The van der Waals surface area contributed by atoms with E-state index in [4.69, 9.17) is 0 Å². The molecule has 1 rings (SSSR count). The third-order valence-corrected chi connectivity index (χ3v) is 2.09. The van der Waals surface area contributed by atoms with Gasteiger partial charge in [0, 0.05) is 0 Å². The van der Waals surface area contributed by atoms with E-state index >= 15 is 0 Å². The standard InChI is InChI=1S/C11H16/c1-4-10-6-5-7-11(8-10)9(2)3/h4,7-9H,1,5-6H2,2-3H3. The Kier molecular flexibility index (Phi) is 2.70. The first-order valence-corrected chi connectivity index (χ1v) is 4.27. The topological polar surface area (TPSA) is 0 Å². The largest absolute Gasteiger partial charge is 0.0988 e. The molecule has 0 nitrogen and oxygen atoms in total. The molecular weight excluding hydrogens is 132 g/mol. The van der Waals surface area contributed by atoms with Crippen LogP contribution in [0.15, 0.2) is 36.0 Å². The average molecular weight is 148 g/mol. The Hall–Kier alpha value is -0.780. The summed E-state index contributed by atoms with van der Waals surface area (Å²) >= 11 is 0. The summed E-state index contributed by atoms with van der Waals surface area (Å²) in [4.78, 5) is 0. The maximum atomic E-state index is 3.78. The van der Waals surface area contributed by atoms with E-state index in [0.717, 1.165) is 0 Å². The van der Waals surface area contributed by atoms with Crippen molar-refractivity contribution >= 4 is 0 Å². The fourth-order valence-corrected chi connectivity index (χ4v) is 1.31. The molecule has 0 aromatic heterocycles. The van der Waals surface area contributed by atoms with Crippen LogP contribution in [0.5, 0.6) is 0 Å². The van der Waals surface area contributed by atoms with Gasteiger partial charge in [-0.1, -0.05) is 38.7 Å². The van der Waals surface area contributed by atoms with Crippen LogP contribution in [0.3, 0.4) is 0 Å². The summed E-state index contributed by atoms with van der Waals surface area (Å²) < 4.78 is 0. The summed E-state index contributed by atoms with van der Waals surface area (Å²) in [7, 11) is 0. The van der Waals surface area contributed by atoms with Gasteiger partial charge in [0.2, 0.25) is 0 Å². The number of rotatable bonds is 2. The molecule has 11 heavy (non-hydrogen) atoms. The van der Waals surface area contributed by atoms with Crippen molar-refractivity contribution in [2.75, 3.05) is 0 Å². The maximum Gasteiger partial charge on any atom is -0.0222 e. The van der Waals surface area contributed by atoms with Crippen LogP contribution < -0.4 is 0 Å². The summed E-state index contributed by atoms with van der Waals surface area (Å²) in [5, 5.41) is 0. The predicted octanol–water partition coefficient (Wildman–Crippen LogP) is 3.48. The number of hydrogen-bond acceptors (Lipinski definition) is 0. The van der Waals surface area contributed by atoms with E-state index in [1.807, 2.05) is 6.08 Å². The molecule has 0 bridgehead atoms. The first-order valence-electron chi connectivity index (χ1n) is 4.27. The second-order valence-electron chi connectivity index (χ2n) is 3.32. The summed E-state index contributed by atoms with van der Waals surface area (Å²) in [6, 6.07) is 0. The molecule has 0 unspecified atom stereocenters. The van der Waals surface area contributed by atoms with Gasteiger partial charge in [-0.15, -0.1) is 0 Å². The molecule has 0 aromatic rings. The molecule has 0 aliphatic heterocycles. The van der Waals surface area contributed by atoms with E-state index in [1.165, 1.54) is 24.0 Å². The second kappa shape index (κ2) is 3.56. The normalized spacial score (nSPS) is 17.7. The molecule has 0 fully saturated rings. The lowest BCUT2D eigenvalue weighted by molar-refractivity contribution is 0.768. The maximum absolute atomic E-state index is 3.78. The third-order valence-electron chi connectivity index (χ3n) is 2.09. The van der Waals surface area contributed by atoms with E-state index in [-0.39, 0.29) is 0 Å². The van der Waals surface area contributed by atoms with E-state index in [1.54, 1.807) is 0 Å².